The Hall–Kier alpha value is -2.82. The first-order valence-electron chi connectivity index (χ1n) is 8.10. The van der Waals surface area contributed by atoms with Crippen LogP contribution in [0.3, 0.4) is 0 Å². The summed E-state index contributed by atoms with van der Waals surface area (Å²) in [4.78, 5) is 16.3. The molecule has 3 aromatic rings. The third kappa shape index (κ3) is 2.42. The van der Waals surface area contributed by atoms with E-state index in [0.29, 0.717) is 5.82 Å². The van der Waals surface area contributed by atoms with E-state index in [1.807, 2.05) is 32.2 Å². The maximum atomic E-state index is 11.9. The first-order chi connectivity index (χ1) is 11.5. The lowest BCUT2D eigenvalue weighted by Crippen LogP contribution is -2.14. The number of hydrogen-bond donors (Lipinski definition) is 2. The van der Waals surface area contributed by atoms with Gasteiger partial charge in [0.15, 0.2) is 0 Å². The molecule has 24 heavy (non-hydrogen) atoms. The Morgan fingerprint density at radius 2 is 2.12 bits per heavy atom. The van der Waals surface area contributed by atoms with Crippen LogP contribution in [0.25, 0.3) is 22.2 Å². The standard InChI is InChI=1S/C19H19N3O2/c1-11-14(4-3-5-17(11)23)15-8-13-9-18(20-10-16(13)22(15)2)21-19(24)12-6-7-12/h3-5,8-10,12,23H,6-7H2,1-2H3,(H,20,21,24). The van der Waals surface area contributed by atoms with Gasteiger partial charge in [0, 0.05) is 35.2 Å². The second kappa shape index (κ2) is 5.37. The Kier molecular flexibility index (Phi) is 3.30. The number of phenolic OH excluding ortho intramolecular Hbond substituents is 1. The molecule has 1 aliphatic carbocycles. The van der Waals surface area contributed by atoms with Crippen molar-refractivity contribution >= 4 is 22.6 Å². The summed E-state index contributed by atoms with van der Waals surface area (Å²) in [5, 5.41) is 13.9. The molecule has 1 aromatic carbocycles. The van der Waals surface area contributed by atoms with Gasteiger partial charge in [0.05, 0.1) is 11.7 Å². The highest BCUT2D eigenvalue weighted by molar-refractivity contribution is 5.96. The van der Waals surface area contributed by atoms with Gasteiger partial charge in [-0.3, -0.25) is 4.79 Å². The first-order valence-corrected chi connectivity index (χ1v) is 8.10. The van der Waals surface area contributed by atoms with E-state index in [0.717, 1.165) is 40.6 Å². The largest absolute Gasteiger partial charge is 0.508 e. The van der Waals surface area contributed by atoms with E-state index < -0.39 is 0 Å². The number of hydrogen-bond acceptors (Lipinski definition) is 3. The molecule has 0 saturated heterocycles. The van der Waals surface area contributed by atoms with Crippen LogP contribution in [0.4, 0.5) is 5.82 Å². The van der Waals surface area contributed by atoms with Crippen LogP contribution in [-0.4, -0.2) is 20.6 Å². The second-order valence-electron chi connectivity index (χ2n) is 6.43. The van der Waals surface area contributed by atoms with Gasteiger partial charge in [-0.1, -0.05) is 12.1 Å². The van der Waals surface area contributed by atoms with Crippen molar-refractivity contribution in [1.29, 1.82) is 0 Å². The highest BCUT2D eigenvalue weighted by atomic mass is 16.3. The number of carbonyl (C=O) groups is 1. The molecule has 5 heteroatoms. The molecule has 1 amide bonds. The van der Waals surface area contributed by atoms with Crippen molar-refractivity contribution in [2.24, 2.45) is 13.0 Å². The van der Waals surface area contributed by atoms with E-state index in [4.69, 9.17) is 0 Å². The fraction of sp³-hybridized carbons (Fsp3) is 0.263. The second-order valence-corrected chi connectivity index (χ2v) is 6.43. The van der Waals surface area contributed by atoms with Crippen molar-refractivity contribution in [3.05, 3.63) is 42.1 Å². The van der Waals surface area contributed by atoms with E-state index in [-0.39, 0.29) is 17.6 Å². The lowest BCUT2D eigenvalue weighted by Gasteiger charge is -2.09. The van der Waals surface area contributed by atoms with E-state index in [9.17, 15) is 9.90 Å². The molecule has 1 saturated carbocycles. The minimum absolute atomic E-state index is 0.0573. The summed E-state index contributed by atoms with van der Waals surface area (Å²) >= 11 is 0. The van der Waals surface area contributed by atoms with Crippen molar-refractivity contribution < 1.29 is 9.90 Å². The van der Waals surface area contributed by atoms with Crippen molar-refractivity contribution in [3.63, 3.8) is 0 Å². The molecule has 5 nitrogen and oxygen atoms in total. The molecule has 1 fully saturated rings. The van der Waals surface area contributed by atoms with Crippen molar-refractivity contribution in [3.8, 4) is 17.0 Å². The molecule has 0 spiro atoms. The number of nitrogens with zero attached hydrogens (tertiary/aromatic N) is 2. The van der Waals surface area contributed by atoms with Gasteiger partial charge in [-0.15, -0.1) is 0 Å². The van der Waals surface area contributed by atoms with Crippen LogP contribution in [0.15, 0.2) is 36.5 Å². The summed E-state index contributed by atoms with van der Waals surface area (Å²) in [5.74, 6) is 1.09. The number of nitrogens with one attached hydrogen (secondary N) is 1. The van der Waals surface area contributed by atoms with Crippen LogP contribution in [-0.2, 0) is 11.8 Å². The average Bonchev–Trinajstić information content (AvgIpc) is 3.36. The van der Waals surface area contributed by atoms with Gasteiger partial charge in [-0.25, -0.2) is 4.98 Å². The van der Waals surface area contributed by atoms with Crippen LogP contribution >= 0.6 is 0 Å². The number of pyridine rings is 1. The minimum Gasteiger partial charge on any atom is -0.508 e. The summed E-state index contributed by atoms with van der Waals surface area (Å²) in [6.45, 7) is 1.90. The highest BCUT2D eigenvalue weighted by Crippen LogP contribution is 2.34. The molecule has 2 N–H and O–H groups in total. The van der Waals surface area contributed by atoms with Gasteiger partial charge in [-0.2, -0.15) is 0 Å². The molecule has 0 atom stereocenters. The fourth-order valence-electron chi connectivity index (χ4n) is 3.04. The lowest BCUT2D eigenvalue weighted by molar-refractivity contribution is -0.117. The number of fused-ring (bicyclic) bond motifs is 1. The number of phenols is 1. The zero-order valence-corrected chi connectivity index (χ0v) is 13.7. The Labute approximate surface area is 139 Å². The highest BCUT2D eigenvalue weighted by Gasteiger charge is 2.29. The summed E-state index contributed by atoms with van der Waals surface area (Å²) in [6, 6.07) is 9.48. The lowest BCUT2D eigenvalue weighted by atomic mass is 10.0. The monoisotopic (exact) mass is 321 g/mol. The normalized spacial score (nSPS) is 14.1. The Morgan fingerprint density at radius 1 is 1.33 bits per heavy atom. The van der Waals surface area contributed by atoms with Crippen molar-refractivity contribution in [1.82, 2.24) is 9.55 Å². The summed E-state index contributed by atoms with van der Waals surface area (Å²) in [7, 11) is 1.98. The van der Waals surface area contributed by atoms with Gasteiger partial charge >= 0.3 is 0 Å². The predicted octanol–water partition coefficient (Wildman–Crippen LogP) is 3.60. The molecule has 2 aromatic heterocycles. The van der Waals surface area contributed by atoms with E-state index >= 15 is 0 Å². The topological polar surface area (TPSA) is 67.2 Å². The van der Waals surface area contributed by atoms with Gasteiger partial charge in [0.2, 0.25) is 5.91 Å². The van der Waals surface area contributed by atoms with Crippen LogP contribution in [0.2, 0.25) is 0 Å². The molecular formula is C19H19N3O2. The minimum atomic E-state index is 0.0573. The van der Waals surface area contributed by atoms with Gasteiger partial charge < -0.3 is 15.0 Å². The first kappa shape index (κ1) is 14.8. The quantitative estimate of drug-likeness (QED) is 0.774. The molecule has 4 rings (SSSR count). The molecule has 0 radical (unpaired) electrons. The fourth-order valence-corrected chi connectivity index (χ4v) is 3.04. The Morgan fingerprint density at radius 3 is 2.88 bits per heavy atom. The van der Waals surface area contributed by atoms with Crippen molar-refractivity contribution in [2.45, 2.75) is 19.8 Å². The summed E-state index contributed by atoms with van der Waals surface area (Å²) in [6.07, 6.45) is 3.72. The predicted molar refractivity (Wildman–Crippen MR) is 93.9 cm³/mol. The molecule has 0 unspecified atom stereocenters. The number of rotatable bonds is 3. The Bertz CT molecular complexity index is 955. The zero-order valence-electron chi connectivity index (χ0n) is 13.7. The third-order valence-corrected chi connectivity index (χ3v) is 4.71. The van der Waals surface area contributed by atoms with Crippen LogP contribution in [0.5, 0.6) is 5.75 Å². The summed E-state index contributed by atoms with van der Waals surface area (Å²) < 4.78 is 2.05. The maximum Gasteiger partial charge on any atom is 0.228 e. The number of benzene rings is 1. The van der Waals surface area contributed by atoms with Gasteiger partial charge in [0.25, 0.3) is 0 Å². The van der Waals surface area contributed by atoms with E-state index in [2.05, 4.69) is 20.9 Å². The molecule has 0 bridgehead atoms. The number of anilines is 1. The molecule has 1 aliphatic rings. The number of carbonyl (C=O) groups excluding carboxylic acids is 1. The van der Waals surface area contributed by atoms with Gasteiger partial charge in [-0.05, 0) is 38.0 Å². The van der Waals surface area contributed by atoms with Gasteiger partial charge in [0.1, 0.15) is 11.6 Å². The summed E-state index contributed by atoms with van der Waals surface area (Å²) in [5.41, 5.74) is 3.82. The number of amides is 1. The number of aromatic nitrogens is 2. The molecule has 122 valence electrons. The van der Waals surface area contributed by atoms with Crippen molar-refractivity contribution in [2.75, 3.05) is 5.32 Å². The zero-order chi connectivity index (χ0) is 16.8. The molecular weight excluding hydrogens is 302 g/mol. The average molecular weight is 321 g/mol. The maximum absolute atomic E-state index is 11.9. The number of aryl methyl sites for hydroxylation is 1. The van der Waals surface area contributed by atoms with Crippen LogP contribution in [0, 0.1) is 12.8 Å². The molecule has 2 heterocycles. The van der Waals surface area contributed by atoms with E-state index in [1.54, 1.807) is 12.3 Å². The van der Waals surface area contributed by atoms with E-state index in [1.165, 1.54) is 0 Å². The third-order valence-electron chi connectivity index (χ3n) is 4.71. The smallest absolute Gasteiger partial charge is 0.228 e. The van der Waals surface area contributed by atoms with Crippen LogP contribution in [0.1, 0.15) is 18.4 Å². The Balaban J connectivity index is 1.76. The SMILES string of the molecule is Cc1c(O)cccc1-c1cc2cc(NC(=O)C3CC3)ncc2n1C. The molecule has 0 aliphatic heterocycles. The number of aromatic hydroxyl groups is 1. The van der Waals surface area contributed by atoms with Crippen LogP contribution < -0.4 is 5.32 Å².